The van der Waals surface area contributed by atoms with Gasteiger partial charge in [-0.25, -0.2) is 0 Å². The molecule has 0 aliphatic rings. The van der Waals surface area contributed by atoms with Gasteiger partial charge in [0.05, 0.1) is 5.25 Å². The quantitative estimate of drug-likeness (QED) is 0.678. The molecule has 0 bridgehead atoms. The second-order valence-electron chi connectivity index (χ2n) is 4.08. The van der Waals surface area contributed by atoms with Crippen molar-refractivity contribution in [1.29, 1.82) is 0 Å². The second-order valence-corrected chi connectivity index (χ2v) is 6.68. The van der Waals surface area contributed by atoms with Gasteiger partial charge in [0, 0.05) is 5.56 Å². The third kappa shape index (κ3) is 3.54. The first-order valence-corrected chi connectivity index (χ1v) is 7.68. The van der Waals surface area contributed by atoms with Crippen molar-refractivity contribution in [3.05, 3.63) is 35.4 Å². The molecule has 0 amide bonds. The summed E-state index contributed by atoms with van der Waals surface area (Å²) >= 11 is 2.69. The van der Waals surface area contributed by atoms with Crippen molar-refractivity contribution in [2.75, 3.05) is 5.73 Å². The van der Waals surface area contributed by atoms with E-state index in [9.17, 15) is 4.79 Å². The van der Waals surface area contributed by atoms with Crippen LogP contribution >= 0.6 is 23.1 Å². The molecule has 1 aromatic carbocycles. The van der Waals surface area contributed by atoms with Crippen LogP contribution in [0, 0.1) is 0 Å². The molecule has 100 valence electrons. The van der Waals surface area contributed by atoms with E-state index in [-0.39, 0.29) is 11.0 Å². The maximum atomic E-state index is 12.3. The summed E-state index contributed by atoms with van der Waals surface area (Å²) in [7, 11) is 0. The number of anilines is 1. The molecular formula is C13H15N3OS2. The molecule has 0 saturated carbocycles. The molecule has 0 saturated heterocycles. The van der Waals surface area contributed by atoms with Gasteiger partial charge >= 0.3 is 0 Å². The Kier molecular flexibility index (Phi) is 4.55. The van der Waals surface area contributed by atoms with E-state index in [1.54, 1.807) is 0 Å². The summed E-state index contributed by atoms with van der Waals surface area (Å²) in [5, 5.41) is 7.88. The van der Waals surface area contributed by atoms with Gasteiger partial charge in [-0.2, -0.15) is 0 Å². The van der Waals surface area contributed by atoms with Gasteiger partial charge in [0.2, 0.25) is 5.13 Å². The van der Waals surface area contributed by atoms with E-state index in [1.165, 1.54) is 28.7 Å². The van der Waals surface area contributed by atoms with E-state index in [1.807, 2.05) is 31.2 Å². The lowest BCUT2D eigenvalue weighted by atomic mass is 10.1. The maximum absolute atomic E-state index is 12.3. The zero-order chi connectivity index (χ0) is 13.8. The van der Waals surface area contributed by atoms with Gasteiger partial charge in [-0.15, -0.1) is 10.2 Å². The number of carbonyl (C=O) groups excluding carboxylic acids is 1. The van der Waals surface area contributed by atoms with E-state index in [0.29, 0.717) is 5.13 Å². The topological polar surface area (TPSA) is 68.9 Å². The number of nitrogens with zero attached hydrogens (tertiary/aromatic N) is 2. The molecule has 0 spiro atoms. The number of nitrogens with two attached hydrogens (primary N) is 1. The molecule has 19 heavy (non-hydrogen) atoms. The molecule has 1 aromatic heterocycles. The summed E-state index contributed by atoms with van der Waals surface area (Å²) in [6, 6.07) is 7.75. The molecule has 1 atom stereocenters. The Bertz CT molecular complexity index is 566. The summed E-state index contributed by atoms with van der Waals surface area (Å²) in [4.78, 5) is 12.3. The third-order valence-electron chi connectivity index (χ3n) is 2.72. The van der Waals surface area contributed by atoms with Crippen LogP contribution in [0.2, 0.25) is 0 Å². The summed E-state index contributed by atoms with van der Waals surface area (Å²) in [5.74, 6) is 0.0985. The first-order valence-electron chi connectivity index (χ1n) is 5.99. The highest BCUT2D eigenvalue weighted by Gasteiger charge is 2.18. The number of aryl methyl sites for hydroxylation is 1. The Balaban J connectivity index is 2.05. The summed E-state index contributed by atoms with van der Waals surface area (Å²) in [6.45, 7) is 3.97. The number of Topliss-reactive ketones (excluding diaryl/α,β-unsaturated/α-hetero) is 1. The van der Waals surface area contributed by atoms with Crippen molar-refractivity contribution in [3.63, 3.8) is 0 Å². The van der Waals surface area contributed by atoms with Crippen LogP contribution in [0.1, 0.15) is 29.8 Å². The zero-order valence-corrected chi connectivity index (χ0v) is 12.4. The lowest BCUT2D eigenvalue weighted by Gasteiger charge is -2.08. The summed E-state index contributed by atoms with van der Waals surface area (Å²) in [6.07, 6.45) is 0.975. The molecule has 2 aromatic rings. The van der Waals surface area contributed by atoms with E-state index in [4.69, 9.17) is 5.73 Å². The minimum atomic E-state index is -0.195. The van der Waals surface area contributed by atoms with Gasteiger partial charge in [0.1, 0.15) is 0 Å². The van der Waals surface area contributed by atoms with E-state index in [0.717, 1.165) is 16.3 Å². The van der Waals surface area contributed by atoms with Crippen molar-refractivity contribution >= 4 is 34.0 Å². The Labute approximate surface area is 120 Å². The molecule has 0 radical (unpaired) electrons. The van der Waals surface area contributed by atoms with Crippen LogP contribution in [0.3, 0.4) is 0 Å². The van der Waals surface area contributed by atoms with Crippen LogP contribution in [0.15, 0.2) is 28.6 Å². The van der Waals surface area contributed by atoms with Gasteiger partial charge in [-0.05, 0) is 18.9 Å². The smallest absolute Gasteiger partial charge is 0.203 e. The predicted octanol–water partition coefficient (Wildman–Crippen LogP) is 3.05. The van der Waals surface area contributed by atoms with Crippen molar-refractivity contribution in [2.24, 2.45) is 0 Å². The SMILES string of the molecule is CCc1ccc(C(=O)C(C)Sc2nnc(N)s2)cc1. The van der Waals surface area contributed by atoms with Crippen molar-refractivity contribution in [3.8, 4) is 0 Å². The number of aromatic nitrogens is 2. The first-order chi connectivity index (χ1) is 9.10. The molecule has 1 unspecified atom stereocenters. The minimum absolute atomic E-state index is 0.0985. The Morgan fingerprint density at radius 1 is 1.37 bits per heavy atom. The molecule has 6 heteroatoms. The van der Waals surface area contributed by atoms with E-state index >= 15 is 0 Å². The van der Waals surface area contributed by atoms with Crippen LogP contribution in [-0.4, -0.2) is 21.2 Å². The fourth-order valence-electron chi connectivity index (χ4n) is 1.61. The molecular weight excluding hydrogens is 278 g/mol. The monoisotopic (exact) mass is 293 g/mol. The number of nitrogen functional groups attached to an aromatic ring is 1. The zero-order valence-electron chi connectivity index (χ0n) is 10.8. The number of benzene rings is 1. The predicted molar refractivity (Wildman–Crippen MR) is 79.8 cm³/mol. The molecule has 0 fully saturated rings. The number of rotatable bonds is 5. The normalized spacial score (nSPS) is 12.3. The van der Waals surface area contributed by atoms with Crippen LogP contribution in [0.4, 0.5) is 5.13 Å². The fraction of sp³-hybridized carbons (Fsp3) is 0.308. The van der Waals surface area contributed by atoms with Gasteiger partial charge in [-0.1, -0.05) is 54.3 Å². The Morgan fingerprint density at radius 3 is 2.58 bits per heavy atom. The highest BCUT2D eigenvalue weighted by Crippen LogP contribution is 2.29. The lowest BCUT2D eigenvalue weighted by molar-refractivity contribution is 0.0994. The van der Waals surface area contributed by atoms with Gasteiger partial charge < -0.3 is 5.73 Å². The molecule has 4 nitrogen and oxygen atoms in total. The standard InChI is InChI=1S/C13H15N3OS2/c1-3-9-4-6-10(7-5-9)11(17)8(2)18-13-16-15-12(14)19-13/h4-8H,3H2,1-2H3,(H2,14,15). The van der Waals surface area contributed by atoms with Gasteiger partial charge in [0.15, 0.2) is 10.1 Å². The van der Waals surface area contributed by atoms with Crippen molar-refractivity contribution in [1.82, 2.24) is 10.2 Å². The Hall–Kier alpha value is -1.40. The third-order valence-corrected chi connectivity index (χ3v) is 4.65. The van der Waals surface area contributed by atoms with Gasteiger partial charge in [0.25, 0.3) is 0 Å². The number of ketones is 1. The molecule has 1 heterocycles. The average Bonchev–Trinajstić information content (AvgIpc) is 2.83. The van der Waals surface area contributed by atoms with Crippen LogP contribution < -0.4 is 5.73 Å². The van der Waals surface area contributed by atoms with E-state index < -0.39 is 0 Å². The van der Waals surface area contributed by atoms with Crippen LogP contribution in [0.25, 0.3) is 0 Å². The van der Waals surface area contributed by atoms with Crippen LogP contribution in [-0.2, 0) is 6.42 Å². The van der Waals surface area contributed by atoms with Crippen molar-refractivity contribution < 1.29 is 4.79 Å². The maximum Gasteiger partial charge on any atom is 0.203 e. The van der Waals surface area contributed by atoms with E-state index in [2.05, 4.69) is 17.1 Å². The first kappa shape index (κ1) is 14.0. The molecule has 2 rings (SSSR count). The van der Waals surface area contributed by atoms with Gasteiger partial charge in [-0.3, -0.25) is 4.79 Å². The number of hydrogen-bond acceptors (Lipinski definition) is 6. The highest BCUT2D eigenvalue weighted by molar-refractivity contribution is 8.02. The fourth-order valence-corrected chi connectivity index (χ4v) is 3.47. The molecule has 0 aliphatic carbocycles. The number of thioether (sulfide) groups is 1. The largest absolute Gasteiger partial charge is 0.374 e. The molecule has 0 aliphatic heterocycles. The second kappa shape index (κ2) is 6.16. The summed E-state index contributed by atoms with van der Waals surface area (Å²) in [5.41, 5.74) is 7.48. The average molecular weight is 293 g/mol. The van der Waals surface area contributed by atoms with Crippen LogP contribution in [0.5, 0.6) is 0 Å². The summed E-state index contributed by atoms with van der Waals surface area (Å²) < 4.78 is 0.725. The lowest BCUT2D eigenvalue weighted by Crippen LogP contribution is -2.13. The highest BCUT2D eigenvalue weighted by atomic mass is 32.2. The van der Waals surface area contributed by atoms with Crippen molar-refractivity contribution in [2.45, 2.75) is 29.9 Å². The molecule has 2 N–H and O–H groups in total. The Morgan fingerprint density at radius 2 is 2.05 bits per heavy atom. The minimum Gasteiger partial charge on any atom is -0.374 e. The number of hydrogen-bond donors (Lipinski definition) is 1. The number of carbonyl (C=O) groups is 1.